The average Bonchev–Trinajstić information content (AvgIpc) is 2.43. The molecule has 1 aromatic carbocycles. The molecule has 0 bridgehead atoms. The zero-order valence-electron chi connectivity index (χ0n) is 10.5. The van der Waals surface area contributed by atoms with Gasteiger partial charge >= 0.3 is 0 Å². The molecule has 1 aromatic heterocycles. The molecule has 112 valence electrons. The maximum atomic E-state index is 12.3. The number of rotatable bonds is 4. The van der Waals surface area contributed by atoms with Gasteiger partial charge in [-0.2, -0.15) is 0 Å². The van der Waals surface area contributed by atoms with Crippen LogP contribution in [0.5, 0.6) is 5.75 Å². The second kappa shape index (κ2) is 6.35. The number of nitrogens with one attached hydrogen (secondary N) is 1. The summed E-state index contributed by atoms with van der Waals surface area (Å²) in [7, 11) is -2.39. The third-order valence-electron chi connectivity index (χ3n) is 2.41. The molecule has 0 radical (unpaired) electrons. The highest BCUT2D eigenvalue weighted by atomic mass is 79.9. The lowest BCUT2D eigenvalue weighted by Crippen LogP contribution is -2.14. The predicted octanol–water partition coefficient (Wildman–Crippen LogP) is 3.36. The Balaban J connectivity index is 2.39. The van der Waals surface area contributed by atoms with Crippen molar-refractivity contribution in [3.8, 4) is 5.75 Å². The van der Waals surface area contributed by atoms with Crippen LogP contribution in [0.25, 0.3) is 0 Å². The van der Waals surface area contributed by atoms with Crippen molar-refractivity contribution in [2.24, 2.45) is 0 Å². The first-order chi connectivity index (χ1) is 9.85. The van der Waals surface area contributed by atoms with Gasteiger partial charge in [-0.05, 0) is 34.1 Å². The van der Waals surface area contributed by atoms with Crippen LogP contribution in [0.1, 0.15) is 0 Å². The normalized spacial score (nSPS) is 11.2. The molecule has 2 rings (SSSR count). The van der Waals surface area contributed by atoms with E-state index in [2.05, 4.69) is 30.6 Å². The molecule has 0 aliphatic carbocycles. The number of aromatic nitrogens is 2. The minimum Gasteiger partial charge on any atom is -0.496 e. The summed E-state index contributed by atoms with van der Waals surface area (Å²) in [6, 6.07) is 4.31. The average molecular weight is 413 g/mol. The molecule has 0 saturated carbocycles. The van der Waals surface area contributed by atoms with Gasteiger partial charge in [0.15, 0.2) is 11.0 Å². The number of ether oxygens (including phenoxy) is 1. The maximum Gasteiger partial charge on any atom is 0.263 e. The van der Waals surface area contributed by atoms with Gasteiger partial charge in [-0.3, -0.25) is 4.72 Å². The monoisotopic (exact) mass is 411 g/mol. The predicted molar refractivity (Wildman–Crippen MR) is 83.6 cm³/mol. The summed E-state index contributed by atoms with van der Waals surface area (Å²) in [5.41, 5.74) is 0. The molecule has 0 unspecified atom stereocenters. The summed E-state index contributed by atoms with van der Waals surface area (Å²) in [5, 5.41) is -0.115. The Hall–Kier alpha value is -1.09. The Morgan fingerprint density at radius 2 is 2.00 bits per heavy atom. The Labute approximate surface area is 139 Å². The smallest absolute Gasteiger partial charge is 0.263 e. The molecule has 1 N–H and O–H groups in total. The van der Waals surface area contributed by atoms with Gasteiger partial charge in [0, 0.05) is 0 Å². The number of hydrogen-bond acceptors (Lipinski definition) is 5. The zero-order chi connectivity index (χ0) is 15.6. The fourth-order valence-corrected chi connectivity index (χ4v) is 3.49. The SMILES string of the molecule is COc1ccc(S(=O)(=O)Nc2ncnc(Cl)c2Cl)cc1Br. The Bertz CT molecular complexity index is 786. The second-order valence-corrected chi connectivity index (χ2v) is 7.00. The van der Waals surface area contributed by atoms with Gasteiger partial charge in [0.1, 0.15) is 17.1 Å². The highest BCUT2D eigenvalue weighted by molar-refractivity contribution is 9.10. The minimum atomic E-state index is -3.87. The van der Waals surface area contributed by atoms with Crippen molar-refractivity contribution in [1.29, 1.82) is 0 Å². The summed E-state index contributed by atoms with van der Waals surface area (Å²) in [4.78, 5) is 7.41. The molecule has 0 fully saturated rings. The van der Waals surface area contributed by atoms with E-state index < -0.39 is 10.0 Å². The third kappa shape index (κ3) is 3.57. The van der Waals surface area contributed by atoms with Gasteiger partial charge in [0.2, 0.25) is 0 Å². The molecule has 0 amide bonds. The van der Waals surface area contributed by atoms with E-state index in [-0.39, 0.29) is 20.9 Å². The van der Waals surface area contributed by atoms with Gasteiger partial charge in [-0.15, -0.1) is 0 Å². The summed E-state index contributed by atoms with van der Waals surface area (Å²) < 4.78 is 32.4. The van der Waals surface area contributed by atoms with Crippen LogP contribution in [0.3, 0.4) is 0 Å². The molecule has 1 heterocycles. The highest BCUT2D eigenvalue weighted by Gasteiger charge is 2.19. The second-order valence-electron chi connectivity index (χ2n) is 3.73. The first kappa shape index (κ1) is 16.3. The van der Waals surface area contributed by atoms with Crippen LogP contribution in [0, 0.1) is 0 Å². The molecule has 0 saturated heterocycles. The summed E-state index contributed by atoms with van der Waals surface area (Å²) in [6.07, 6.45) is 1.11. The van der Waals surface area contributed by atoms with Crippen LogP contribution in [-0.4, -0.2) is 25.5 Å². The van der Waals surface area contributed by atoms with Crippen molar-refractivity contribution in [3.05, 3.63) is 39.2 Å². The minimum absolute atomic E-state index is 0.0148. The van der Waals surface area contributed by atoms with Crippen LogP contribution in [0.15, 0.2) is 33.9 Å². The van der Waals surface area contributed by atoms with Crippen molar-refractivity contribution in [2.45, 2.75) is 4.90 Å². The van der Waals surface area contributed by atoms with Crippen molar-refractivity contribution < 1.29 is 13.2 Å². The van der Waals surface area contributed by atoms with Gasteiger partial charge in [-0.1, -0.05) is 23.2 Å². The maximum absolute atomic E-state index is 12.3. The van der Waals surface area contributed by atoms with E-state index in [0.717, 1.165) is 6.33 Å². The number of benzene rings is 1. The van der Waals surface area contributed by atoms with Gasteiger partial charge in [0.25, 0.3) is 10.0 Å². The van der Waals surface area contributed by atoms with E-state index in [4.69, 9.17) is 27.9 Å². The fraction of sp³-hybridized carbons (Fsp3) is 0.0909. The first-order valence-corrected chi connectivity index (χ1v) is 8.40. The third-order valence-corrected chi connectivity index (χ3v) is 5.11. The van der Waals surface area contributed by atoms with Crippen LogP contribution in [0.4, 0.5) is 5.82 Å². The summed E-state index contributed by atoms with van der Waals surface area (Å²) in [5.74, 6) is 0.417. The lowest BCUT2D eigenvalue weighted by molar-refractivity contribution is 0.411. The topological polar surface area (TPSA) is 81.2 Å². The van der Waals surface area contributed by atoms with E-state index in [1.165, 1.54) is 25.3 Å². The highest BCUT2D eigenvalue weighted by Crippen LogP contribution is 2.30. The van der Waals surface area contributed by atoms with Crippen LogP contribution in [-0.2, 0) is 10.0 Å². The number of anilines is 1. The fourth-order valence-electron chi connectivity index (χ4n) is 1.42. The number of methoxy groups -OCH3 is 1. The number of halogens is 3. The standard InChI is InChI=1S/C11H8BrCl2N3O3S/c1-20-8-3-2-6(4-7(8)12)21(18,19)17-11-9(13)10(14)15-5-16-11/h2-5H,1H3,(H,15,16,17). The molecule has 0 spiro atoms. The first-order valence-electron chi connectivity index (χ1n) is 5.37. The van der Waals surface area contributed by atoms with Crippen LogP contribution < -0.4 is 9.46 Å². The number of sulfonamides is 1. The van der Waals surface area contributed by atoms with E-state index in [9.17, 15) is 8.42 Å². The molecule has 2 aromatic rings. The Morgan fingerprint density at radius 3 is 2.62 bits per heavy atom. The van der Waals surface area contributed by atoms with Crippen molar-refractivity contribution in [1.82, 2.24) is 9.97 Å². The van der Waals surface area contributed by atoms with Crippen molar-refractivity contribution in [3.63, 3.8) is 0 Å². The Morgan fingerprint density at radius 1 is 1.29 bits per heavy atom. The molecule has 10 heteroatoms. The Kier molecular flexibility index (Phi) is 4.92. The molecular weight excluding hydrogens is 405 g/mol. The molecular formula is C11H8BrCl2N3O3S. The zero-order valence-corrected chi connectivity index (χ0v) is 14.4. The largest absolute Gasteiger partial charge is 0.496 e. The van der Waals surface area contributed by atoms with E-state index >= 15 is 0 Å². The van der Waals surface area contributed by atoms with E-state index in [0.29, 0.717) is 10.2 Å². The molecule has 0 aliphatic rings. The van der Waals surface area contributed by atoms with Crippen LogP contribution in [0.2, 0.25) is 10.2 Å². The van der Waals surface area contributed by atoms with Crippen LogP contribution >= 0.6 is 39.1 Å². The van der Waals surface area contributed by atoms with Gasteiger partial charge in [-0.25, -0.2) is 18.4 Å². The number of nitrogens with zero attached hydrogens (tertiary/aromatic N) is 2. The molecule has 6 nitrogen and oxygen atoms in total. The van der Waals surface area contributed by atoms with E-state index in [1.54, 1.807) is 0 Å². The van der Waals surface area contributed by atoms with Gasteiger partial charge in [0.05, 0.1) is 16.5 Å². The lowest BCUT2D eigenvalue weighted by Gasteiger charge is -2.10. The van der Waals surface area contributed by atoms with Gasteiger partial charge < -0.3 is 4.74 Å². The quantitative estimate of drug-likeness (QED) is 0.778. The number of hydrogen-bond donors (Lipinski definition) is 1. The summed E-state index contributed by atoms with van der Waals surface area (Å²) in [6.45, 7) is 0. The lowest BCUT2D eigenvalue weighted by atomic mass is 10.3. The molecule has 0 aliphatic heterocycles. The van der Waals surface area contributed by atoms with Crippen molar-refractivity contribution >= 4 is 55.0 Å². The van der Waals surface area contributed by atoms with Crippen molar-refractivity contribution in [2.75, 3.05) is 11.8 Å². The molecule has 21 heavy (non-hydrogen) atoms. The molecule has 0 atom stereocenters. The summed E-state index contributed by atoms with van der Waals surface area (Å²) >= 11 is 14.8. The van der Waals surface area contributed by atoms with E-state index in [1.807, 2.05) is 0 Å².